The van der Waals surface area contributed by atoms with E-state index >= 15 is 0 Å². The first kappa shape index (κ1) is 16.7. The van der Waals surface area contributed by atoms with Gasteiger partial charge < -0.3 is 14.4 Å². The highest BCUT2D eigenvalue weighted by Gasteiger charge is 2.50. The number of likely N-dealkylation sites (tertiary alicyclic amines) is 1. The van der Waals surface area contributed by atoms with Crippen molar-refractivity contribution in [2.24, 2.45) is 0 Å². The predicted molar refractivity (Wildman–Crippen MR) is 105 cm³/mol. The molecule has 5 heterocycles. The Balaban J connectivity index is 1.59. The van der Waals surface area contributed by atoms with Crippen LogP contribution >= 0.6 is 0 Å². The van der Waals surface area contributed by atoms with Crippen LogP contribution in [-0.2, 0) is 5.54 Å². The second-order valence-corrected chi connectivity index (χ2v) is 7.11. The van der Waals surface area contributed by atoms with Gasteiger partial charge in [-0.2, -0.15) is 0 Å². The van der Waals surface area contributed by atoms with Gasteiger partial charge in [-0.1, -0.05) is 6.08 Å². The van der Waals surface area contributed by atoms with Crippen molar-refractivity contribution < 1.29 is 4.79 Å². The molecule has 140 valence electrons. The molecule has 7 heteroatoms. The monoisotopic (exact) mass is 372 g/mol. The lowest BCUT2D eigenvalue weighted by Gasteiger charge is -2.46. The minimum atomic E-state index is -0.328. The van der Waals surface area contributed by atoms with Gasteiger partial charge in [0.15, 0.2) is 5.82 Å². The Morgan fingerprint density at radius 2 is 2.14 bits per heavy atom. The number of carbonyl (C=O) groups excluding carboxylic acids is 1. The first-order valence-corrected chi connectivity index (χ1v) is 9.32. The molecule has 1 spiro atoms. The zero-order valence-corrected chi connectivity index (χ0v) is 15.4. The van der Waals surface area contributed by atoms with Crippen molar-refractivity contribution in [3.05, 3.63) is 79.3 Å². The lowest BCUT2D eigenvalue weighted by molar-refractivity contribution is 0.0776. The fraction of sp³-hybridized carbons (Fsp3) is 0.238. The summed E-state index contributed by atoms with van der Waals surface area (Å²) >= 11 is 0. The van der Waals surface area contributed by atoms with E-state index in [9.17, 15) is 4.79 Å². The van der Waals surface area contributed by atoms with Crippen LogP contribution in [0.1, 0.15) is 22.6 Å². The van der Waals surface area contributed by atoms with E-state index in [2.05, 4.69) is 43.1 Å². The van der Waals surface area contributed by atoms with Crippen molar-refractivity contribution in [3.63, 3.8) is 0 Å². The van der Waals surface area contributed by atoms with Gasteiger partial charge in [-0.25, -0.2) is 9.97 Å². The summed E-state index contributed by atoms with van der Waals surface area (Å²) in [5, 5.41) is 0. The van der Waals surface area contributed by atoms with E-state index in [1.165, 1.54) is 6.20 Å². The number of carbonyl (C=O) groups is 1. The van der Waals surface area contributed by atoms with Crippen LogP contribution < -0.4 is 4.90 Å². The van der Waals surface area contributed by atoms with E-state index in [0.29, 0.717) is 25.3 Å². The summed E-state index contributed by atoms with van der Waals surface area (Å²) in [5.41, 5.74) is 2.25. The molecule has 0 radical (unpaired) electrons. The number of aromatic nitrogens is 4. The average molecular weight is 372 g/mol. The van der Waals surface area contributed by atoms with Gasteiger partial charge >= 0.3 is 0 Å². The number of amides is 1. The summed E-state index contributed by atoms with van der Waals surface area (Å²) in [4.78, 5) is 30.0. The summed E-state index contributed by atoms with van der Waals surface area (Å²) in [6.07, 6.45) is 11.2. The number of hydrogen-bond acceptors (Lipinski definition) is 5. The molecule has 3 aromatic heterocycles. The highest BCUT2D eigenvalue weighted by atomic mass is 16.2. The summed E-state index contributed by atoms with van der Waals surface area (Å²) < 4.78 is 2.14. The van der Waals surface area contributed by atoms with Crippen LogP contribution in [0.2, 0.25) is 0 Å². The second-order valence-electron chi connectivity index (χ2n) is 7.11. The molecule has 5 rings (SSSR count). The molecule has 0 N–H and O–H groups in total. The number of nitrogens with zero attached hydrogens (tertiary/aromatic N) is 6. The van der Waals surface area contributed by atoms with Crippen LogP contribution in [0.15, 0.2) is 67.9 Å². The van der Waals surface area contributed by atoms with E-state index in [0.717, 1.165) is 23.6 Å². The largest absolute Gasteiger partial charge is 0.352 e. The molecule has 2 aliphatic heterocycles. The molecule has 1 unspecified atom stereocenters. The molecule has 1 fully saturated rings. The number of anilines is 1. The molecule has 1 amide bonds. The molecular formula is C21H20N6O. The minimum Gasteiger partial charge on any atom is -0.352 e. The molecule has 3 aromatic rings. The van der Waals surface area contributed by atoms with Crippen molar-refractivity contribution >= 4 is 11.6 Å². The van der Waals surface area contributed by atoms with Crippen LogP contribution in [0.4, 0.5) is 5.69 Å². The lowest BCUT2D eigenvalue weighted by atomic mass is 9.89. The molecule has 0 bridgehead atoms. The third-order valence-corrected chi connectivity index (χ3v) is 5.66. The molecule has 0 aromatic carbocycles. The summed E-state index contributed by atoms with van der Waals surface area (Å²) in [5.74, 6) is 0.826. The average Bonchev–Trinajstić information content (AvgIpc) is 3.40. The number of fused-ring (bicyclic) bond motifs is 4. The number of pyridine rings is 1. The van der Waals surface area contributed by atoms with E-state index in [1.54, 1.807) is 12.4 Å². The molecule has 1 saturated heterocycles. The Kier molecular flexibility index (Phi) is 3.75. The van der Waals surface area contributed by atoms with Gasteiger partial charge in [0.1, 0.15) is 11.2 Å². The maximum absolute atomic E-state index is 13.0. The normalized spacial score (nSPS) is 20.1. The smallest absolute Gasteiger partial charge is 0.274 e. The fourth-order valence-corrected chi connectivity index (χ4v) is 4.47. The van der Waals surface area contributed by atoms with Crippen LogP contribution in [0.25, 0.3) is 5.82 Å². The zero-order valence-electron chi connectivity index (χ0n) is 15.4. The van der Waals surface area contributed by atoms with Gasteiger partial charge in [0, 0.05) is 44.4 Å². The van der Waals surface area contributed by atoms with Gasteiger partial charge in [-0.3, -0.25) is 9.78 Å². The third kappa shape index (κ3) is 2.29. The Bertz CT molecular complexity index is 1050. The van der Waals surface area contributed by atoms with Crippen molar-refractivity contribution in [1.82, 2.24) is 24.4 Å². The maximum Gasteiger partial charge on any atom is 0.274 e. The molecule has 0 saturated carbocycles. The summed E-state index contributed by atoms with van der Waals surface area (Å²) in [7, 11) is 0. The van der Waals surface area contributed by atoms with Crippen LogP contribution in [0, 0.1) is 0 Å². The van der Waals surface area contributed by atoms with Gasteiger partial charge in [0.05, 0.1) is 17.6 Å². The van der Waals surface area contributed by atoms with Crippen LogP contribution in [0.3, 0.4) is 0 Å². The SMILES string of the molecule is C=CCN1c2cccnc2-n2cccc2C12CCN(C(=O)c1cnccn1)C2. The number of hydrogen-bond donors (Lipinski definition) is 0. The van der Waals surface area contributed by atoms with E-state index in [1.807, 2.05) is 35.5 Å². The first-order chi connectivity index (χ1) is 13.7. The van der Waals surface area contributed by atoms with Crippen LogP contribution in [-0.4, -0.2) is 50.0 Å². The Morgan fingerprint density at radius 3 is 2.96 bits per heavy atom. The molecule has 7 nitrogen and oxygen atoms in total. The molecule has 0 aliphatic carbocycles. The number of rotatable bonds is 3. The highest BCUT2D eigenvalue weighted by Crippen LogP contribution is 2.46. The van der Waals surface area contributed by atoms with Gasteiger partial charge in [-0.05, 0) is 30.7 Å². The molecule has 1 atom stereocenters. The van der Waals surface area contributed by atoms with Gasteiger partial charge in [-0.15, -0.1) is 6.58 Å². The topological polar surface area (TPSA) is 67.2 Å². The first-order valence-electron chi connectivity index (χ1n) is 9.32. The maximum atomic E-state index is 13.0. The zero-order chi connectivity index (χ0) is 19.1. The van der Waals surface area contributed by atoms with Gasteiger partial charge in [0.25, 0.3) is 5.91 Å². The van der Waals surface area contributed by atoms with Crippen molar-refractivity contribution in [3.8, 4) is 5.82 Å². The third-order valence-electron chi connectivity index (χ3n) is 5.66. The Morgan fingerprint density at radius 1 is 1.21 bits per heavy atom. The Hall–Kier alpha value is -3.48. The minimum absolute atomic E-state index is 0.0846. The summed E-state index contributed by atoms with van der Waals surface area (Å²) in [6, 6.07) is 8.21. The van der Waals surface area contributed by atoms with E-state index < -0.39 is 0 Å². The quantitative estimate of drug-likeness (QED) is 0.661. The lowest BCUT2D eigenvalue weighted by Crippen LogP contribution is -2.52. The molecular weight excluding hydrogens is 352 g/mol. The van der Waals surface area contributed by atoms with Gasteiger partial charge in [0.2, 0.25) is 0 Å². The van der Waals surface area contributed by atoms with E-state index in [-0.39, 0.29) is 11.4 Å². The summed E-state index contributed by atoms with van der Waals surface area (Å²) in [6.45, 7) is 5.87. The Labute approximate surface area is 163 Å². The van der Waals surface area contributed by atoms with E-state index in [4.69, 9.17) is 0 Å². The fourth-order valence-electron chi connectivity index (χ4n) is 4.47. The van der Waals surface area contributed by atoms with Crippen molar-refractivity contribution in [1.29, 1.82) is 0 Å². The van der Waals surface area contributed by atoms with Crippen LogP contribution in [0.5, 0.6) is 0 Å². The van der Waals surface area contributed by atoms with Crippen molar-refractivity contribution in [2.45, 2.75) is 12.0 Å². The highest BCUT2D eigenvalue weighted by molar-refractivity contribution is 5.92. The predicted octanol–water partition coefficient (Wildman–Crippen LogP) is 2.41. The van der Waals surface area contributed by atoms with Crippen molar-refractivity contribution in [2.75, 3.05) is 24.5 Å². The molecule has 28 heavy (non-hydrogen) atoms. The molecule has 2 aliphatic rings. The second kappa shape index (κ2) is 6.30. The standard InChI is InChI=1S/C21H20N6O/c1-2-11-27-17-5-3-8-24-19(17)26-12-4-6-18(26)21(27)7-13-25(15-21)20(28)16-14-22-9-10-23-16/h2-6,8-10,12,14H,1,7,11,13,15H2.